The van der Waals surface area contributed by atoms with Crippen molar-refractivity contribution in [3.63, 3.8) is 0 Å². The molecule has 0 radical (unpaired) electrons. The molecule has 0 N–H and O–H groups in total. The molecule has 142 heavy (non-hydrogen) atoms. The third-order valence-corrected chi connectivity index (χ3v) is 28.3. The van der Waals surface area contributed by atoms with Crippen molar-refractivity contribution in [2.45, 2.75) is 0 Å². The van der Waals surface area contributed by atoms with Gasteiger partial charge in [0.05, 0.1) is 139 Å². The molecule has 0 spiro atoms. The van der Waals surface area contributed by atoms with Crippen molar-refractivity contribution >= 4 is 225 Å². The maximum atomic E-state index is 5.15. The summed E-state index contributed by atoms with van der Waals surface area (Å²) in [5.41, 5.74) is 27.9. The quantitative estimate of drug-likeness (QED) is 0.156. The topological polar surface area (TPSA) is 137 Å². The lowest BCUT2D eigenvalue weighted by Crippen LogP contribution is -1.97. The van der Waals surface area contributed by atoms with E-state index in [1.165, 1.54) is 125 Å². The lowest BCUT2D eigenvalue weighted by molar-refractivity contribution is 1.09. The van der Waals surface area contributed by atoms with Crippen molar-refractivity contribution in [1.82, 2.24) is 79.7 Å². The normalized spacial score (nSPS) is 11.9. The number of pyridine rings is 2. The second kappa shape index (κ2) is 32.0. The van der Waals surface area contributed by atoms with Gasteiger partial charge < -0.3 is 0 Å². The van der Waals surface area contributed by atoms with Crippen molar-refractivity contribution in [1.29, 1.82) is 0 Å². The maximum absolute atomic E-state index is 5.15. The zero-order chi connectivity index (χ0) is 93.1. The SMILES string of the molecule is c1ccc(-n2c3ccc4ccccc4c3n3c4ccccc4nc23)cc1.c1ccc2c(-n3c4ccc5ccccc5c4n4c5ccccc5nc34)cccc2c1.c1ccc2c(c1)cc(-n1c3ccc4ccccc4c3n3c4ccccc4nc13)c1ccccc12.c1ccc2c(c1)ccc1c2n2c3ccccc3nc2n1-c1ccncc1.c1cncc(-n2c3ccc4ccccc4c3n3c4ccccc4nc23)c1. The Morgan fingerprint density at radius 2 is 0.423 bits per heavy atom. The molecule has 0 aliphatic heterocycles. The van der Waals surface area contributed by atoms with E-state index in [9.17, 15) is 0 Å². The Hall–Kier alpha value is -19.7. The molecule has 664 valence electrons. The summed E-state index contributed by atoms with van der Waals surface area (Å²) >= 11 is 0. The van der Waals surface area contributed by atoms with Gasteiger partial charge in [-0.3, -0.25) is 54.8 Å². The number of imidazole rings is 10. The van der Waals surface area contributed by atoms with E-state index in [0.29, 0.717) is 0 Å². The zero-order valence-corrected chi connectivity index (χ0v) is 76.2. The minimum atomic E-state index is 0.908. The number of para-hydroxylation sites is 11. The van der Waals surface area contributed by atoms with Crippen LogP contribution in [-0.2, 0) is 0 Å². The third-order valence-electron chi connectivity index (χ3n) is 28.3. The summed E-state index contributed by atoms with van der Waals surface area (Å²) in [6.45, 7) is 0. The number of hydrogen-bond acceptors (Lipinski definition) is 7. The minimum absolute atomic E-state index is 0.908. The van der Waals surface area contributed by atoms with Gasteiger partial charge in [0.1, 0.15) is 0 Å². The Morgan fingerprint density at radius 1 is 0.148 bits per heavy atom. The largest absolute Gasteiger partial charge is 0.278 e. The molecule has 17 nitrogen and oxygen atoms in total. The number of aromatic nitrogens is 17. The fourth-order valence-corrected chi connectivity index (χ4v) is 22.2. The average molecular weight is 1820 g/mol. The first-order chi connectivity index (χ1) is 70.5. The average Bonchev–Trinajstić information content (AvgIpc) is 1.75. The predicted molar refractivity (Wildman–Crippen MR) is 583 cm³/mol. The van der Waals surface area contributed by atoms with E-state index in [4.69, 9.17) is 24.9 Å². The maximum Gasteiger partial charge on any atom is 0.220 e. The molecule has 0 saturated carbocycles. The van der Waals surface area contributed by atoms with Gasteiger partial charge >= 0.3 is 0 Å². The molecule has 0 amide bonds. The van der Waals surface area contributed by atoms with Crippen LogP contribution in [0, 0.1) is 0 Å². The van der Waals surface area contributed by atoms with Gasteiger partial charge in [0.25, 0.3) is 0 Å². The summed E-state index contributed by atoms with van der Waals surface area (Å²) in [7, 11) is 0. The highest BCUT2D eigenvalue weighted by Crippen LogP contribution is 2.44. The highest BCUT2D eigenvalue weighted by atomic mass is 15.3. The van der Waals surface area contributed by atoms with E-state index < -0.39 is 0 Å². The lowest BCUT2D eigenvalue weighted by Gasteiger charge is -2.13. The van der Waals surface area contributed by atoms with Crippen LogP contribution in [0.15, 0.2) is 480 Å². The van der Waals surface area contributed by atoms with Crippen LogP contribution in [0.3, 0.4) is 0 Å². The van der Waals surface area contributed by atoms with Gasteiger partial charge in [-0.15, -0.1) is 0 Å². The molecule has 17 heteroatoms. The second-order valence-corrected chi connectivity index (χ2v) is 36.0. The van der Waals surface area contributed by atoms with Crippen LogP contribution in [0.5, 0.6) is 0 Å². The number of nitrogens with zero attached hydrogens (tertiary/aromatic N) is 17. The van der Waals surface area contributed by atoms with Crippen LogP contribution in [0.4, 0.5) is 0 Å². The molecule has 0 atom stereocenters. The van der Waals surface area contributed by atoms with Gasteiger partial charge in [-0.2, -0.15) is 0 Å². The summed E-state index contributed by atoms with van der Waals surface area (Å²) < 4.78 is 22.8. The minimum Gasteiger partial charge on any atom is -0.278 e. The molecule has 21 aromatic carbocycles. The smallest absolute Gasteiger partial charge is 0.220 e. The Morgan fingerprint density at radius 3 is 0.803 bits per heavy atom. The summed E-state index contributed by atoms with van der Waals surface area (Å²) in [6, 6.07) is 160. The Kier molecular flexibility index (Phi) is 18.0. The van der Waals surface area contributed by atoms with Crippen LogP contribution in [0.2, 0.25) is 0 Å². The first-order valence-electron chi connectivity index (χ1n) is 47.8. The molecule has 0 saturated heterocycles. The van der Waals surface area contributed by atoms with Crippen molar-refractivity contribution in [2.75, 3.05) is 0 Å². The summed E-state index contributed by atoms with van der Waals surface area (Å²) in [4.78, 5) is 33.5. The molecular weight excluding hydrogens is 1740 g/mol. The van der Waals surface area contributed by atoms with Gasteiger partial charge in [0.2, 0.25) is 28.9 Å². The van der Waals surface area contributed by atoms with E-state index in [0.717, 1.165) is 129 Å². The summed E-state index contributed by atoms with van der Waals surface area (Å²) in [5, 5.41) is 19.8. The van der Waals surface area contributed by atoms with Crippen LogP contribution in [0.1, 0.15) is 0 Å². The van der Waals surface area contributed by atoms with E-state index in [-0.39, 0.29) is 0 Å². The van der Waals surface area contributed by atoms with Crippen molar-refractivity contribution in [2.24, 2.45) is 0 Å². The molecule has 0 unspecified atom stereocenters. The van der Waals surface area contributed by atoms with E-state index >= 15 is 0 Å². The summed E-state index contributed by atoms with van der Waals surface area (Å²) in [5.74, 6) is 4.66. The molecule has 0 aliphatic carbocycles. The molecule has 0 aliphatic rings. The highest BCUT2D eigenvalue weighted by Gasteiger charge is 2.27. The van der Waals surface area contributed by atoms with Gasteiger partial charge in [-0.25, -0.2) is 24.9 Å². The molecule has 12 aromatic heterocycles. The fraction of sp³-hybridized carbons (Fsp3) is 0. The third kappa shape index (κ3) is 12.2. The Balaban J connectivity index is 0.0000000852. The first-order valence-corrected chi connectivity index (χ1v) is 47.8. The standard InChI is InChI=1S/C31H19N3.C27H17N3.C23H15N3.2C22H14N4/c1-4-12-23-20(9-1)17-18-28-30(23)34-27-16-8-7-15-26(27)32-31(34)33(28)29-19-21-10-2-3-11-22(21)24-13-5-6-14-25(24)29;1-3-11-20-18(8-1)10-7-15-23(20)29-25-17-16-19-9-2-4-12-21(19)26(25)30-24-14-6-5-13-22(24)28-27(29)30;1-2-9-17(10-3-1)25-21-15-14-16-8-4-5-11-18(16)22(21)26-20-13-7-6-12-19(20)24-23(25)26;1-2-8-17-15(6-1)11-12-20-21(17)26-19-10-4-3-9-18(19)24-22(26)25(20)16-7-5-13-23-14-16;1-2-6-17-15(5-1)9-10-20-21(17)26-19-8-4-3-7-18(19)24-22(26)25(20)16-11-13-23-14-12-16/h1-19H;1-17H;1-15H;2*1-14H. The molecule has 33 rings (SSSR count). The molecule has 0 bridgehead atoms. The number of fused-ring (bicyclic) bond motifs is 39. The van der Waals surface area contributed by atoms with Crippen LogP contribution < -0.4 is 0 Å². The number of rotatable bonds is 5. The van der Waals surface area contributed by atoms with Crippen molar-refractivity contribution < 1.29 is 0 Å². The van der Waals surface area contributed by atoms with Gasteiger partial charge in [0.15, 0.2) is 0 Å². The number of hydrogen-bond donors (Lipinski definition) is 0. The summed E-state index contributed by atoms with van der Waals surface area (Å²) in [6.07, 6.45) is 7.32. The second-order valence-electron chi connectivity index (χ2n) is 36.0. The first kappa shape index (κ1) is 79.7. The van der Waals surface area contributed by atoms with Gasteiger partial charge in [0, 0.05) is 62.0 Å². The fourth-order valence-electron chi connectivity index (χ4n) is 22.2. The predicted octanol–water partition coefficient (Wildman–Crippen LogP) is 30.2. The van der Waals surface area contributed by atoms with Crippen molar-refractivity contribution in [3.8, 4) is 28.4 Å². The number of benzene rings is 21. The van der Waals surface area contributed by atoms with Crippen LogP contribution >= 0.6 is 0 Å². The zero-order valence-electron chi connectivity index (χ0n) is 76.2. The molecular formula is C125H79N17. The van der Waals surface area contributed by atoms with Gasteiger partial charge in [-0.1, -0.05) is 315 Å². The van der Waals surface area contributed by atoms with Crippen LogP contribution in [0.25, 0.3) is 254 Å². The van der Waals surface area contributed by atoms with E-state index in [1.807, 2.05) is 61.1 Å². The molecule has 33 aromatic rings. The molecule has 12 heterocycles. The van der Waals surface area contributed by atoms with E-state index in [1.54, 1.807) is 6.20 Å². The van der Waals surface area contributed by atoms with Crippen LogP contribution in [-0.4, -0.2) is 79.7 Å². The van der Waals surface area contributed by atoms with Gasteiger partial charge in [-0.05, 0) is 188 Å². The highest BCUT2D eigenvalue weighted by molar-refractivity contribution is 6.17. The monoisotopic (exact) mass is 1820 g/mol. The lowest BCUT2D eigenvalue weighted by atomic mass is 10.00. The Labute approximate surface area is 807 Å². The van der Waals surface area contributed by atoms with Crippen molar-refractivity contribution in [3.05, 3.63) is 480 Å². The van der Waals surface area contributed by atoms with E-state index in [2.05, 4.69) is 467 Å². The Bertz CT molecular complexity index is 10400. The molecule has 0 fully saturated rings.